The monoisotopic (exact) mass is 343 g/mol. The third kappa shape index (κ3) is 4.40. The minimum atomic E-state index is -0.185. The van der Waals surface area contributed by atoms with Crippen molar-refractivity contribution in [2.45, 2.75) is 46.1 Å². The number of likely N-dealkylation sites (tertiary alicyclic amines) is 1. The largest absolute Gasteiger partial charge is 0.350 e. The molecule has 25 heavy (non-hydrogen) atoms. The van der Waals surface area contributed by atoms with Gasteiger partial charge in [-0.05, 0) is 63.6 Å². The Morgan fingerprint density at radius 1 is 1.24 bits per heavy atom. The molecule has 0 unspecified atom stereocenters. The molecule has 0 aromatic heterocycles. The molecule has 1 aliphatic carbocycles. The first kappa shape index (κ1) is 17.9. The van der Waals surface area contributed by atoms with E-state index in [9.17, 15) is 9.59 Å². The Hall–Kier alpha value is -1.88. The molecule has 0 radical (unpaired) electrons. The van der Waals surface area contributed by atoms with Crippen molar-refractivity contribution in [3.63, 3.8) is 0 Å². The van der Waals surface area contributed by atoms with Crippen molar-refractivity contribution < 1.29 is 9.59 Å². The predicted octanol–water partition coefficient (Wildman–Crippen LogP) is 2.56. The highest BCUT2D eigenvalue weighted by Crippen LogP contribution is 2.52. The molecule has 3 rings (SSSR count). The Labute approximate surface area is 150 Å². The molecule has 1 saturated heterocycles. The molecule has 2 fully saturated rings. The normalized spacial score (nSPS) is 19.8. The van der Waals surface area contributed by atoms with Crippen LogP contribution >= 0.6 is 0 Å². The van der Waals surface area contributed by atoms with Crippen LogP contribution in [0.2, 0.25) is 0 Å². The molecule has 2 aliphatic rings. The van der Waals surface area contributed by atoms with Gasteiger partial charge in [-0.25, -0.2) is 0 Å². The number of benzene rings is 1. The minimum Gasteiger partial charge on any atom is -0.350 e. The van der Waals surface area contributed by atoms with E-state index >= 15 is 0 Å². The number of carbonyl (C=O) groups excluding carboxylic acids is 2. The molecule has 1 aromatic rings. The third-order valence-electron chi connectivity index (χ3n) is 5.01. The third-order valence-corrected chi connectivity index (χ3v) is 5.01. The van der Waals surface area contributed by atoms with Crippen molar-refractivity contribution in [1.82, 2.24) is 10.2 Å². The second-order valence-electron chi connectivity index (χ2n) is 8.91. The van der Waals surface area contributed by atoms with Crippen molar-refractivity contribution >= 4 is 17.5 Å². The van der Waals surface area contributed by atoms with Crippen molar-refractivity contribution in [3.8, 4) is 0 Å². The van der Waals surface area contributed by atoms with Crippen molar-refractivity contribution in [2.75, 3.05) is 25.0 Å². The van der Waals surface area contributed by atoms with Crippen LogP contribution in [-0.2, 0) is 9.59 Å². The van der Waals surface area contributed by atoms with Gasteiger partial charge in [-0.2, -0.15) is 0 Å². The molecule has 2 amide bonds. The first-order valence-corrected chi connectivity index (χ1v) is 9.05. The van der Waals surface area contributed by atoms with Crippen LogP contribution in [-0.4, -0.2) is 41.9 Å². The molecule has 2 N–H and O–H groups in total. The maximum atomic E-state index is 12.4. The van der Waals surface area contributed by atoms with Crippen LogP contribution < -0.4 is 10.6 Å². The highest BCUT2D eigenvalue weighted by Gasteiger charge is 2.54. The molecular weight excluding hydrogens is 314 g/mol. The standard InChI is InChI=1S/C20H29N3O2/c1-14-6-5-7-16(8-14)21-18(25)15-9-20(10-15)12-23(13-20)11-17(24)22-19(2,3)4/h5-8,15H,9-13H2,1-4H3,(H,21,25)(H,22,24). The average molecular weight is 343 g/mol. The van der Waals surface area contributed by atoms with E-state index < -0.39 is 0 Å². The lowest BCUT2D eigenvalue weighted by Crippen LogP contribution is -2.65. The number of nitrogens with one attached hydrogen (secondary N) is 2. The highest BCUT2D eigenvalue weighted by molar-refractivity contribution is 5.93. The number of hydrogen-bond donors (Lipinski definition) is 2. The molecule has 1 spiro atoms. The van der Waals surface area contributed by atoms with Crippen molar-refractivity contribution in [3.05, 3.63) is 29.8 Å². The molecule has 5 nitrogen and oxygen atoms in total. The van der Waals surface area contributed by atoms with Gasteiger partial charge in [-0.1, -0.05) is 12.1 Å². The van der Waals surface area contributed by atoms with Crippen LogP contribution in [0.3, 0.4) is 0 Å². The zero-order valence-electron chi connectivity index (χ0n) is 15.7. The lowest BCUT2D eigenvalue weighted by molar-refractivity contribution is -0.144. The van der Waals surface area contributed by atoms with Gasteiger partial charge in [-0.15, -0.1) is 0 Å². The van der Waals surface area contributed by atoms with E-state index in [1.54, 1.807) is 0 Å². The van der Waals surface area contributed by atoms with Gasteiger partial charge in [0.1, 0.15) is 0 Å². The zero-order chi connectivity index (χ0) is 18.2. The number of hydrogen-bond acceptors (Lipinski definition) is 3. The summed E-state index contributed by atoms with van der Waals surface area (Å²) in [5, 5.41) is 6.02. The zero-order valence-corrected chi connectivity index (χ0v) is 15.7. The fourth-order valence-corrected chi connectivity index (χ4v) is 4.07. The smallest absolute Gasteiger partial charge is 0.234 e. The number of aryl methyl sites for hydroxylation is 1. The summed E-state index contributed by atoms with van der Waals surface area (Å²) in [6.45, 7) is 10.3. The maximum absolute atomic E-state index is 12.4. The molecule has 5 heteroatoms. The fraction of sp³-hybridized carbons (Fsp3) is 0.600. The highest BCUT2D eigenvalue weighted by atomic mass is 16.2. The first-order valence-electron chi connectivity index (χ1n) is 9.05. The van der Waals surface area contributed by atoms with Crippen LogP contribution in [0.4, 0.5) is 5.69 Å². The minimum absolute atomic E-state index is 0.0791. The number of nitrogens with zero attached hydrogens (tertiary/aromatic N) is 1. The van der Waals surface area contributed by atoms with Gasteiger partial charge >= 0.3 is 0 Å². The molecule has 0 atom stereocenters. The Morgan fingerprint density at radius 3 is 2.52 bits per heavy atom. The van der Waals surface area contributed by atoms with E-state index in [0.717, 1.165) is 37.2 Å². The predicted molar refractivity (Wildman–Crippen MR) is 99.3 cm³/mol. The number of rotatable bonds is 4. The Kier molecular flexibility index (Phi) is 4.62. The topological polar surface area (TPSA) is 61.4 Å². The summed E-state index contributed by atoms with van der Waals surface area (Å²) < 4.78 is 0. The molecule has 0 bridgehead atoms. The van der Waals surface area contributed by atoms with Gasteiger partial charge in [-0.3, -0.25) is 14.5 Å². The van der Waals surface area contributed by atoms with Gasteiger partial charge in [0.05, 0.1) is 6.54 Å². The van der Waals surface area contributed by atoms with Gasteiger partial charge in [0.25, 0.3) is 0 Å². The quantitative estimate of drug-likeness (QED) is 0.883. The molecule has 1 saturated carbocycles. The lowest BCUT2D eigenvalue weighted by Gasteiger charge is -2.58. The summed E-state index contributed by atoms with van der Waals surface area (Å²) in [4.78, 5) is 26.5. The SMILES string of the molecule is Cc1cccc(NC(=O)C2CC3(C2)CN(CC(=O)NC(C)(C)C)C3)c1. The second kappa shape index (κ2) is 6.45. The van der Waals surface area contributed by atoms with Gasteiger partial charge in [0.2, 0.25) is 11.8 Å². The van der Waals surface area contributed by atoms with Crippen molar-refractivity contribution in [2.24, 2.45) is 11.3 Å². The first-order chi connectivity index (χ1) is 11.6. The van der Waals surface area contributed by atoms with Gasteiger partial charge in [0, 0.05) is 30.2 Å². The van der Waals surface area contributed by atoms with E-state index in [-0.39, 0.29) is 28.7 Å². The average Bonchev–Trinajstić information content (AvgIpc) is 2.37. The van der Waals surface area contributed by atoms with E-state index in [1.165, 1.54) is 0 Å². The summed E-state index contributed by atoms with van der Waals surface area (Å²) in [6, 6.07) is 7.90. The maximum Gasteiger partial charge on any atom is 0.234 e. The van der Waals surface area contributed by atoms with Crippen LogP contribution in [0.5, 0.6) is 0 Å². The van der Waals surface area contributed by atoms with Crippen molar-refractivity contribution in [1.29, 1.82) is 0 Å². The van der Waals surface area contributed by atoms with Gasteiger partial charge in [0.15, 0.2) is 0 Å². The van der Waals surface area contributed by atoms with Crippen LogP contribution in [0.1, 0.15) is 39.2 Å². The molecule has 1 heterocycles. The van der Waals surface area contributed by atoms with Gasteiger partial charge < -0.3 is 10.6 Å². The van der Waals surface area contributed by atoms with E-state index in [1.807, 2.05) is 52.0 Å². The number of carbonyl (C=O) groups is 2. The van der Waals surface area contributed by atoms with E-state index in [0.29, 0.717) is 6.54 Å². The summed E-state index contributed by atoms with van der Waals surface area (Å²) in [7, 11) is 0. The molecular formula is C20H29N3O2. The number of amides is 2. The summed E-state index contributed by atoms with van der Waals surface area (Å²) >= 11 is 0. The number of anilines is 1. The molecule has 1 aromatic carbocycles. The Balaban J connectivity index is 1.40. The Morgan fingerprint density at radius 2 is 1.92 bits per heavy atom. The van der Waals surface area contributed by atoms with Crippen LogP contribution in [0, 0.1) is 18.3 Å². The Bertz CT molecular complexity index is 664. The fourth-order valence-electron chi connectivity index (χ4n) is 4.07. The summed E-state index contributed by atoms with van der Waals surface area (Å²) in [5.74, 6) is 0.307. The van der Waals surface area contributed by atoms with E-state index in [4.69, 9.17) is 0 Å². The molecule has 136 valence electrons. The van der Waals surface area contributed by atoms with Crippen LogP contribution in [0.15, 0.2) is 24.3 Å². The lowest BCUT2D eigenvalue weighted by atomic mass is 9.57. The second-order valence-corrected chi connectivity index (χ2v) is 8.91. The summed E-state index contributed by atoms with van der Waals surface area (Å²) in [6.07, 6.45) is 1.87. The molecule has 1 aliphatic heterocycles. The van der Waals surface area contributed by atoms with E-state index in [2.05, 4.69) is 15.5 Å². The van der Waals surface area contributed by atoms with Crippen LogP contribution in [0.25, 0.3) is 0 Å². The summed E-state index contributed by atoms with van der Waals surface area (Å²) in [5.41, 5.74) is 2.09.